The number of aromatic nitrogens is 3. The first-order chi connectivity index (χ1) is 19.3. The molecule has 2 aromatic rings. The largest absolute Gasteiger partial charge is 0.390 e. The lowest BCUT2D eigenvalue weighted by molar-refractivity contribution is -0.104. The molecule has 2 aromatic heterocycles. The molecule has 2 fully saturated rings. The molecule has 2 aliphatic rings. The Kier molecular flexibility index (Phi) is 10.4. The highest BCUT2D eigenvalue weighted by molar-refractivity contribution is 6.90. The molecular formula is C29H44Cl2N4O5Si. The highest BCUT2D eigenvalue weighted by Crippen LogP contribution is 2.42. The van der Waals surface area contributed by atoms with Crippen LogP contribution in [0.2, 0.25) is 16.6 Å². The summed E-state index contributed by atoms with van der Waals surface area (Å²) in [5.74, 6) is 3.70. The molecule has 9 nitrogen and oxygen atoms in total. The van der Waals surface area contributed by atoms with E-state index < -0.39 is 38.7 Å². The maximum Gasteiger partial charge on any atom is 0.164 e. The summed E-state index contributed by atoms with van der Waals surface area (Å²) in [6.07, 6.45) is -0.665. The monoisotopic (exact) mass is 626 g/mol. The van der Waals surface area contributed by atoms with Crippen molar-refractivity contribution in [3.8, 4) is 11.5 Å². The summed E-state index contributed by atoms with van der Waals surface area (Å²) >= 11 is 12.7. The number of nitrogens with one attached hydrogen (secondary N) is 1. The van der Waals surface area contributed by atoms with Crippen molar-refractivity contribution in [1.82, 2.24) is 14.5 Å². The van der Waals surface area contributed by atoms with Gasteiger partial charge in [0.15, 0.2) is 12.0 Å². The van der Waals surface area contributed by atoms with Crippen molar-refractivity contribution in [2.24, 2.45) is 5.92 Å². The molecule has 4 N–H and O–H groups in total. The van der Waals surface area contributed by atoms with Gasteiger partial charge in [-0.1, -0.05) is 47.5 Å². The van der Waals surface area contributed by atoms with E-state index in [2.05, 4.69) is 68.5 Å². The molecule has 0 aromatic carbocycles. The van der Waals surface area contributed by atoms with Gasteiger partial charge in [0.2, 0.25) is 0 Å². The molecule has 1 saturated heterocycles. The zero-order valence-electron chi connectivity index (χ0n) is 24.9. The zero-order chi connectivity index (χ0) is 30.2. The molecule has 0 radical (unpaired) electrons. The van der Waals surface area contributed by atoms with Crippen LogP contribution in [0, 0.1) is 17.4 Å². The van der Waals surface area contributed by atoms with Gasteiger partial charge in [-0.05, 0) is 41.8 Å². The van der Waals surface area contributed by atoms with E-state index in [1.807, 2.05) is 0 Å². The molecule has 1 saturated carbocycles. The van der Waals surface area contributed by atoms with Crippen LogP contribution in [0.15, 0.2) is 12.5 Å². The fraction of sp³-hybridized carbons (Fsp3) is 0.724. The topological polar surface area (TPSA) is 122 Å². The van der Waals surface area contributed by atoms with Gasteiger partial charge in [0.25, 0.3) is 0 Å². The fourth-order valence-electron chi connectivity index (χ4n) is 7.04. The summed E-state index contributed by atoms with van der Waals surface area (Å²) in [5, 5.41) is 33.6. The summed E-state index contributed by atoms with van der Waals surface area (Å²) in [4.78, 5) is 14.1. The molecule has 0 amide bonds. The fourth-order valence-corrected chi connectivity index (χ4v) is 12.8. The van der Waals surface area contributed by atoms with Gasteiger partial charge in [0, 0.05) is 11.6 Å². The van der Waals surface area contributed by atoms with Crippen molar-refractivity contribution in [3.63, 3.8) is 0 Å². The maximum atomic E-state index is 11.2. The van der Waals surface area contributed by atoms with E-state index in [9.17, 15) is 15.3 Å². The van der Waals surface area contributed by atoms with Gasteiger partial charge in [-0.2, -0.15) is 0 Å². The predicted octanol–water partition coefficient (Wildman–Crippen LogP) is 4.97. The smallest absolute Gasteiger partial charge is 0.164 e. The third kappa shape index (κ3) is 6.02. The Morgan fingerprint density at radius 3 is 2.29 bits per heavy atom. The second-order valence-electron chi connectivity index (χ2n) is 12.4. The number of aliphatic hydroxyl groups excluding tert-OH is 3. The number of fused-ring (bicyclic) bond motifs is 1. The lowest BCUT2D eigenvalue weighted by atomic mass is 9.81. The van der Waals surface area contributed by atoms with Gasteiger partial charge in [-0.25, -0.2) is 15.4 Å². The SMILES string of the molecule is CONc1ncnc2c1c(C#C[Si](C(C)C)(C(C)C)C(C)C)cn2[C@@H]1O[C@H]([C@H](O)C2CCC(Cl)C(Cl)C2)[C@@H](O)[C@H]1O. The summed E-state index contributed by atoms with van der Waals surface area (Å²) in [6.45, 7) is 13.5. The second kappa shape index (κ2) is 13.1. The first kappa shape index (κ1) is 32.5. The minimum atomic E-state index is -2.07. The summed E-state index contributed by atoms with van der Waals surface area (Å²) < 4.78 is 7.89. The average molecular weight is 628 g/mol. The first-order valence-electron chi connectivity index (χ1n) is 14.5. The van der Waals surface area contributed by atoms with E-state index in [1.165, 1.54) is 13.4 Å². The summed E-state index contributed by atoms with van der Waals surface area (Å²) in [6, 6.07) is 0. The van der Waals surface area contributed by atoms with Crippen molar-refractivity contribution in [2.75, 3.05) is 12.6 Å². The number of hydrogen-bond acceptors (Lipinski definition) is 8. The highest BCUT2D eigenvalue weighted by atomic mass is 35.5. The zero-order valence-corrected chi connectivity index (χ0v) is 27.4. The van der Waals surface area contributed by atoms with E-state index in [0.717, 1.165) is 0 Å². The quantitative estimate of drug-likeness (QED) is 0.140. The predicted molar refractivity (Wildman–Crippen MR) is 165 cm³/mol. The van der Waals surface area contributed by atoms with Crippen LogP contribution >= 0.6 is 23.2 Å². The van der Waals surface area contributed by atoms with Gasteiger partial charge < -0.3 is 24.6 Å². The summed E-state index contributed by atoms with van der Waals surface area (Å²) in [7, 11) is -0.573. The molecule has 41 heavy (non-hydrogen) atoms. The molecule has 4 rings (SSSR count). The van der Waals surface area contributed by atoms with Crippen LogP contribution < -0.4 is 5.48 Å². The molecule has 1 aliphatic heterocycles. The van der Waals surface area contributed by atoms with E-state index in [1.54, 1.807) is 10.8 Å². The van der Waals surface area contributed by atoms with Crippen LogP contribution in [0.25, 0.3) is 11.0 Å². The number of hydrogen-bond donors (Lipinski definition) is 4. The van der Waals surface area contributed by atoms with Crippen LogP contribution in [0.5, 0.6) is 0 Å². The number of ether oxygens (including phenoxy) is 1. The van der Waals surface area contributed by atoms with Crippen molar-refractivity contribution < 1.29 is 24.9 Å². The van der Waals surface area contributed by atoms with Crippen LogP contribution in [-0.4, -0.2) is 80.2 Å². The number of rotatable bonds is 8. The number of nitrogens with zero attached hydrogens (tertiary/aromatic N) is 3. The van der Waals surface area contributed by atoms with Gasteiger partial charge in [0.05, 0.1) is 29.5 Å². The van der Waals surface area contributed by atoms with Crippen molar-refractivity contribution >= 4 is 48.1 Å². The normalized spacial score (nSPS) is 29.8. The molecule has 3 heterocycles. The van der Waals surface area contributed by atoms with E-state index in [4.69, 9.17) is 32.8 Å². The molecular weight excluding hydrogens is 583 g/mol. The highest BCUT2D eigenvalue weighted by Gasteiger charge is 2.50. The van der Waals surface area contributed by atoms with E-state index >= 15 is 0 Å². The Morgan fingerprint density at radius 2 is 1.71 bits per heavy atom. The van der Waals surface area contributed by atoms with E-state index in [0.29, 0.717) is 58.3 Å². The van der Waals surface area contributed by atoms with Crippen LogP contribution in [0.3, 0.4) is 0 Å². The van der Waals surface area contributed by atoms with Gasteiger partial charge in [-0.3, -0.25) is 4.84 Å². The Labute approximate surface area is 253 Å². The number of aliphatic hydroxyl groups is 3. The van der Waals surface area contributed by atoms with Gasteiger partial charge in [-0.15, -0.1) is 28.7 Å². The second-order valence-corrected chi connectivity index (χ2v) is 19.1. The van der Waals surface area contributed by atoms with Crippen LogP contribution in [0.1, 0.15) is 72.6 Å². The molecule has 8 atom stereocenters. The van der Waals surface area contributed by atoms with Crippen molar-refractivity contribution in [1.29, 1.82) is 0 Å². The Balaban J connectivity index is 1.76. The van der Waals surface area contributed by atoms with Gasteiger partial charge >= 0.3 is 0 Å². The molecule has 0 spiro atoms. The Hall–Kier alpha value is -1.42. The summed E-state index contributed by atoms with van der Waals surface area (Å²) in [5.41, 5.74) is 9.01. The van der Waals surface area contributed by atoms with Gasteiger partial charge in [0.1, 0.15) is 38.4 Å². The maximum absolute atomic E-state index is 11.2. The minimum absolute atomic E-state index is 0.155. The molecule has 3 unspecified atom stereocenters. The van der Waals surface area contributed by atoms with Crippen LogP contribution in [-0.2, 0) is 9.57 Å². The average Bonchev–Trinajstić information content (AvgIpc) is 3.42. The Bertz CT molecular complexity index is 1240. The Morgan fingerprint density at radius 1 is 1.05 bits per heavy atom. The lowest BCUT2D eigenvalue weighted by Crippen LogP contribution is -2.45. The lowest BCUT2D eigenvalue weighted by Gasteiger charge is -2.38. The third-order valence-corrected chi connectivity index (χ3v) is 16.6. The minimum Gasteiger partial charge on any atom is -0.390 e. The van der Waals surface area contributed by atoms with Crippen molar-refractivity contribution in [3.05, 3.63) is 18.1 Å². The molecule has 12 heteroatoms. The standard InChI is InChI=1S/C29H44Cl2N4O5Si/c1-15(2)41(16(3)4,17(5)6)11-10-19-13-35(28-22(19)27(34-39-7)32-14-33-28)29-25(38)24(37)26(40-29)23(36)18-8-9-20(30)21(31)12-18/h13-18,20-21,23-26,29,36-38H,8-9,12H2,1-7H3,(H,32,33,34)/t18?,20?,21?,23-,24+,25-,26-,29-/m1/s1. The number of halogens is 2. The third-order valence-electron chi connectivity index (χ3n) is 9.19. The van der Waals surface area contributed by atoms with Crippen molar-refractivity contribution in [2.45, 2.75) is 119 Å². The molecule has 1 aliphatic carbocycles. The molecule has 228 valence electrons. The first-order valence-corrected chi connectivity index (χ1v) is 17.6. The number of anilines is 1. The number of alkyl halides is 2. The van der Waals surface area contributed by atoms with E-state index in [-0.39, 0.29) is 16.7 Å². The molecule has 0 bridgehead atoms. The van der Waals surface area contributed by atoms with Crippen LogP contribution in [0.4, 0.5) is 5.82 Å².